The van der Waals surface area contributed by atoms with E-state index in [-0.39, 0.29) is 19.1 Å². The highest BCUT2D eigenvalue weighted by Crippen LogP contribution is 2.30. The van der Waals surface area contributed by atoms with Gasteiger partial charge in [-0.25, -0.2) is 0 Å². The van der Waals surface area contributed by atoms with Gasteiger partial charge in [0.1, 0.15) is 6.04 Å². The Labute approximate surface area is 127 Å². The molecular weight excluding hydrogens is 301 g/mol. The van der Waals surface area contributed by atoms with Gasteiger partial charge in [0.2, 0.25) is 0 Å². The van der Waals surface area contributed by atoms with E-state index < -0.39 is 18.1 Å². The number of piperazine rings is 1. The number of nitrogens with zero attached hydrogens (tertiary/aromatic N) is 2. The summed E-state index contributed by atoms with van der Waals surface area (Å²) in [6.45, 7) is 1.60. The summed E-state index contributed by atoms with van der Waals surface area (Å²) in [6, 6.07) is 4.63. The third-order valence-corrected chi connectivity index (χ3v) is 4.25. The smallest absolute Gasteiger partial charge is 0.335 e. The van der Waals surface area contributed by atoms with Crippen LogP contribution in [0.5, 0.6) is 0 Å². The van der Waals surface area contributed by atoms with E-state index >= 15 is 0 Å². The lowest BCUT2D eigenvalue weighted by molar-refractivity contribution is -0.197. The summed E-state index contributed by atoms with van der Waals surface area (Å²) in [4.78, 5) is 15.4. The van der Waals surface area contributed by atoms with Gasteiger partial charge < -0.3 is 4.90 Å². The number of thiol groups is 1. The molecule has 1 aliphatic rings. The van der Waals surface area contributed by atoms with Gasteiger partial charge in [-0.15, -0.1) is 12.6 Å². The van der Waals surface area contributed by atoms with Gasteiger partial charge >= 0.3 is 6.18 Å². The maximum Gasteiger partial charge on any atom is 0.405 e. The Kier molecular flexibility index (Phi) is 4.53. The van der Waals surface area contributed by atoms with Gasteiger partial charge in [0, 0.05) is 24.0 Å². The predicted molar refractivity (Wildman–Crippen MR) is 76.7 cm³/mol. The Hall–Kier alpha value is -1.21. The fourth-order valence-electron chi connectivity index (χ4n) is 2.49. The van der Waals surface area contributed by atoms with E-state index in [9.17, 15) is 18.0 Å². The zero-order valence-electron chi connectivity index (χ0n) is 11.8. The van der Waals surface area contributed by atoms with E-state index in [2.05, 4.69) is 12.6 Å². The van der Waals surface area contributed by atoms with Gasteiger partial charge in [0.15, 0.2) is 0 Å². The monoisotopic (exact) mass is 318 g/mol. The van der Waals surface area contributed by atoms with Crippen molar-refractivity contribution >= 4 is 18.5 Å². The Morgan fingerprint density at radius 1 is 1.29 bits per heavy atom. The molecule has 7 heteroatoms. The van der Waals surface area contributed by atoms with Crippen LogP contribution in [0.25, 0.3) is 0 Å². The van der Waals surface area contributed by atoms with E-state index in [0.717, 1.165) is 0 Å². The van der Waals surface area contributed by atoms with Crippen molar-refractivity contribution in [1.82, 2.24) is 9.80 Å². The molecule has 2 rings (SSSR count). The minimum atomic E-state index is -4.36. The number of hydrogen-bond acceptors (Lipinski definition) is 3. The standard InChI is InChI=1S/C14H17F3N2OS/c1-9-7-19(8-12(18(9)2)14(15,16)17)13(20)10-5-3-4-6-11(10)21/h3-6,9,12,21H,7-8H2,1-2H3. The number of amides is 1. The summed E-state index contributed by atoms with van der Waals surface area (Å²) in [5.41, 5.74) is 0.332. The molecule has 21 heavy (non-hydrogen) atoms. The number of carbonyl (C=O) groups excluding carboxylic acids is 1. The lowest BCUT2D eigenvalue weighted by Crippen LogP contribution is -2.62. The molecule has 1 aliphatic heterocycles. The SMILES string of the molecule is CC1CN(C(=O)c2ccccc2S)CC(C(F)(F)F)N1C. The van der Waals surface area contributed by atoms with Crippen LogP contribution in [0.4, 0.5) is 13.2 Å². The molecule has 2 unspecified atom stereocenters. The first-order valence-corrected chi connectivity index (χ1v) is 7.02. The van der Waals surface area contributed by atoms with Crippen LogP contribution in [0.1, 0.15) is 17.3 Å². The van der Waals surface area contributed by atoms with Crippen molar-refractivity contribution < 1.29 is 18.0 Å². The number of alkyl halides is 3. The fourth-order valence-corrected chi connectivity index (χ4v) is 2.75. The zero-order chi connectivity index (χ0) is 15.8. The third kappa shape index (κ3) is 3.35. The Morgan fingerprint density at radius 2 is 1.90 bits per heavy atom. The normalized spacial score (nSPS) is 24.2. The van der Waals surface area contributed by atoms with Crippen molar-refractivity contribution in [2.45, 2.75) is 30.1 Å². The molecule has 116 valence electrons. The average Bonchev–Trinajstić information content (AvgIpc) is 2.40. The van der Waals surface area contributed by atoms with Crippen molar-refractivity contribution in [3.05, 3.63) is 29.8 Å². The molecule has 2 atom stereocenters. The van der Waals surface area contributed by atoms with E-state index in [1.54, 1.807) is 31.2 Å². The molecular formula is C14H17F3N2OS. The van der Waals surface area contributed by atoms with E-state index in [1.165, 1.54) is 16.8 Å². The lowest BCUT2D eigenvalue weighted by atomic mass is 10.1. The highest BCUT2D eigenvalue weighted by atomic mass is 32.1. The number of hydrogen-bond donors (Lipinski definition) is 1. The first-order chi connectivity index (χ1) is 9.71. The van der Waals surface area contributed by atoms with Crippen LogP contribution < -0.4 is 0 Å². The second-order valence-electron chi connectivity index (χ2n) is 5.30. The minimum Gasteiger partial charge on any atom is -0.335 e. The molecule has 0 bridgehead atoms. The van der Waals surface area contributed by atoms with Crippen LogP contribution >= 0.6 is 12.6 Å². The van der Waals surface area contributed by atoms with Crippen molar-refractivity contribution in [3.8, 4) is 0 Å². The number of carbonyl (C=O) groups is 1. The summed E-state index contributed by atoms with van der Waals surface area (Å²) < 4.78 is 39.3. The van der Waals surface area contributed by atoms with Crippen molar-refractivity contribution in [1.29, 1.82) is 0 Å². The van der Waals surface area contributed by atoms with Crippen LogP contribution in [0.15, 0.2) is 29.2 Å². The summed E-state index contributed by atoms with van der Waals surface area (Å²) in [6.07, 6.45) is -4.36. The van der Waals surface area contributed by atoms with Gasteiger partial charge in [-0.05, 0) is 26.1 Å². The predicted octanol–water partition coefficient (Wildman–Crippen LogP) is 2.68. The van der Waals surface area contributed by atoms with Gasteiger partial charge in [-0.1, -0.05) is 12.1 Å². The molecule has 0 aromatic heterocycles. The highest BCUT2D eigenvalue weighted by molar-refractivity contribution is 7.80. The van der Waals surface area contributed by atoms with Gasteiger partial charge in [-0.3, -0.25) is 9.69 Å². The molecule has 1 saturated heterocycles. The molecule has 0 N–H and O–H groups in total. The van der Waals surface area contributed by atoms with E-state index in [1.807, 2.05) is 0 Å². The molecule has 1 fully saturated rings. The second kappa shape index (κ2) is 5.88. The minimum absolute atomic E-state index is 0.268. The lowest BCUT2D eigenvalue weighted by Gasteiger charge is -2.44. The zero-order valence-corrected chi connectivity index (χ0v) is 12.7. The molecule has 0 saturated carbocycles. The number of likely N-dealkylation sites (N-methyl/N-ethyl adjacent to an activating group) is 1. The summed E-state index contributed by atoms with van der Waals surface area (Å²) in [5, 5.41) is 0. The molecule has 0 spiro atoms. The second-order valence-corrected chi connectivity index (χ2v) is 5.78. The molecule has 0 aliphatic carbocycles. The highest BCUT2D eigenvalue weighted by Gasteiger charge is 2.48. The van der Waals surface area contributed by atoms with Crippen molar-refractivity contribution in [2.75, 3.05) is 20.1 Å². The number of rotatable bonds is 1. The molecule has 1 amide bonds. The molecule has 1 heterocycles. The fraction of sp³-hybridized carbons (Fsp3) is 0.500. The summed E-state index contributed by atoms with van der Waals surface area (Å²) in [7, 11) is 1.44. The van der Waals surface area contributed by atoms with Crippen LogP contribution in [0.2, 0.25) is 0 Å². The summed E-state index contributed by atoms with van der Waals surface area (Å²) >= 11 is 4.20. The van der Waals surface area contributed by atoms with Gasteiger partial charge in [0.25, 0.3) is 5.91 Å². The number of halogens is 3. The van der Waals surface area contributed by atoms with E-state index in [0.29, 0.717) is 10.5 Å². The van der Waals surface area contributed by atoms with Crippen LogP contribution in [-0.2, 0) is 0 Å². The maximum absolute atomic E-state index is 13.1. The van der Waals surface area contributed by atoms with Crippen LogP contribution in [0.3, 0.4) is 0 Å². The van der Waals surface area contributed by atoms with Crippen molar-refractivity contribution in [2.24, 2.45) is 0 Å². The van der Waals surface area contributed by atoms with E-state index in [4.69, 9.17) is 0 Å². The number of benzene rings is 1. The van der Waals surface area contributed by atoms with Gasteiger partial charge in [0.05, 0.1) is 5.56 Å². The largest absolute Gasteiger partial charge is 0.405 e. The van der Waals surface area contributed by atoms with Gasteiger partial charge in [-0.2, -0.15) is 13.2 Å². The molecule has 1 aromatic rings. The van der Waals surface area contributed by atoms with Crippen LogP contribution in [0, 0.1) is 0 Å². The molecule has 3 nitrogen and oxygen atoms in total. The maximum atomic E-state index is 13.1. The van der Waals surface area contributed by atoms with Crippen LogP contribution in [-0.4, -0.2) is 54.1 Å². The third-order valence-electron chi connectivity index (χ3n) is 3.86. The topological polar surface area (TPSA) is 23.6 Å². The Bertz CT molecular complexity index is 535. The molecule has 0 radical (unpaired) electrons. The first-order valence-electron chi connectivity index (χ1n) is 6.57. The van der Waals surface area contributed by atoms with Crippen molar-refractivity contribution in [3.63, 3.8) is 0 Å². The molecule has 1 aromatic carbocycles. The summed E-state index contributed by atoms with van der Waals surface area (Å²) in [5.74, 6) is -0.408. The first kappa shape index (κ1) is 16.2. The Balaban J connectivity index is 2.25. The quantitative estimate of drug-likeness (QED) is 0.805. The Morgan fingerprint density at radius 3 is 2.48 bits per heavy atom. The average molecular weight is 318 g/mol.